The molecule has 2 aromatic carbocycles. The SMILES string of the molecule is COc1ccc(Cc2nnc(SCC(=O)Nc3ccc(C(C)=O)cc3)n2C)cc1. The fraction of sp³-hybridized carbons (Fsp3) is 0.238. The predicted molar refractivity (Wildman–Crippen MR) is 113 cm³/mol. The number of carbonyl (C=O) groups is 2. The second-order valence-electron chi connectivity index (χ2n) is 6.45. The van der Waals surface area contributed by atoms with Crippen LogP contribution < -0.4 is 10.1 Å². The molecule has 0 fully saturated rings. The first-order valence-corrected chi connectivity index (χ1v) is 9.99. The van der Waals surface area contributed by atoms with Crippen molar-refractivity contribution in [2.45, 2.75) is 18.5 Å². The molecule has 150 valence electrons. The average molecular weight is 410 g/mol. The summed E-state index contributed by atoms with van der Waals surface area (Å²) >= 11 is 1.32. The molecule has 29 heavy (non-hydrogen) atoms. The van der Waals surface area contributed by atoms with Crippen LogP contribution in [0.15, 0.2) is 53.7 Å². The molecule has 3 rings (SSSR count). The number of hydrogen-bond donors (Lipinski definition) is 1. The van der Waals surface area contributed by atoms with Gasteiger partial charge in [0.2, 0.25) is 5.91 Å². The lowest BCUT2D eigenvalue weighted by Crippen LogP contribution is -2.14. The summed E-state index contributed by atoms with van der Waals surface area (Å²) in [6.45, 7) is 1.51. The van der Waals surface area contributed by atoms with E-state index in [-0.39, 0.29) is 17.4 Å². The van der Waals surface area contributed by atoms with Gasteiger partial charge in [0, 0.05) is 24.7 Å². The number of ether oxygens (including phenoxy) is 1. The maximum absolute atomic E-state index is 12.2. The fourth-order valence-corrected chi connectivity index (χ4v) is 3.40. The molecule has 8 heteroatoms. The summed E-state index contributed by atoms with van der Waals surface area (Å²) in [7, 11) is 3.53. The van der Waals surface area contributed by atoms with Crippen molar-refractivity contribution in [1.82, 2.24) is 14.8 Å². The molecule has 3 aromatic rings. The third-order valence-corrected chi connectivity index (χ3v) is 5.37. The van der Waals surface area contributed by atoms with E-state index in [1.54, 1.807) is 31.4 Å². The molecule has 0 unspecified atom stereocenters. The van der Waals surface area contributed by atoms with Gasteiger partial charge in [-0.05, 0) is 48.9 Å². The van der Waals surface area contributed by atoms with Gasteiger partial charge in [0.15, 0.2) is 10.9 Å². The van der Waals surface area contributed by atoms with Gasteiger partial charge in [-0.1, -0.05) is 23.9 Å². The van der Waals surface area contributed by atoms with Gasteiger partial charge >= 0.3 is 0 Å². The van der Waals surface area contributed by atoms with Gasteiger partial charge in [0.1, 0.15) is 11.6 Å². The third-order valence-electron chi connectivity index (χ3n) is 4.35. The maximum Gasteiger partial charge on any atom is 0.234 e. The van der Waals surface area contributed by atoms with Crippen LogP contribution in [-0.2, 0) is 18.3 Å². The summed E-state index contributed by atoms with van der Waals surface area (Å²) in [6, 6.07) is 14.6. The number of hydrogen-bond acceptors (Lipinski definition) is 6. The molecule has 7 nitrogen and oxygen atoms in total. The molecule has 0 aliphatic rings. The van der Waals surface area contributed by atoms with E-state index in [0.29, 0.717) is 22.8 Å². The molecule has 0 radical (unpaired) electrons. The summed E-state index contributed by atoms with van der Waals surface area (Å²) < 4.78 is 7.06. The smallest absolute Gasteiger partial charge is 0.234 e. The lowest BCUT2D eigenvalue weighted by atomic mass is 10.1. The van der Waals surface area contributed by atoms with Gasteiger partial charge in [-0.2, -0.15) is 0 Å². The predicted octanol–water partition coefficient (Wildman–Crippen LogP) is 3.35. The number of ketones is 1. The van der Waals surface area contributed by atoms with E-state index in [1.807, 2.05) is 35.9 Å². The van der Waals surface area contributed by atoms with E-state index in [1.165, 1.54) is 18.7 Å². The molecule has 1 N–H and O–H groups in total. The van der Waals surface area contributed by atoms with Gasteiger partial charge in [-0.15, -0.1) is 10.2 Å². The van der Waals surface area contributed by atoms with Crippen LogP contribution in [-0.4, -0.2) is 39.3 Å². The molecule has 0 spiro atoms. The van der Waals surface area contributed by atoms with E-state index >= 15 is 0 Å². The van der Waals surface area contributed by atoms with Crippen LogP contribution >= 0.6 is 11.8 Å². The average Bonchev–Trinajstić information content (AvgIpc) is 3.07. The van der Waals surface area contributed by atoms with E-state index < -0.39 is 0 Å². The Bertz CT molecular complexity index is 998. The maximum atomic E-state index is 12.2. The van der Waals surface area contributed by atoms with Gasteiger partial charge in [0.25, 0.3) is 0 Å². The third kappa shape index (κ3) is 5.45. The van der Waals surface area contributed by atoms with Gasteiger partial charge < -0.3 is 14.6 Å². The summed E-state index contributed by atoms with van der Waals surface area (Å²) in [5.74, 6) is 1.68. The van der Waals surface area contributed by atoms with E-state index in [0.717, 1.165) is 17.1 Å². The van der Waals surface area contributed by atoms with Crippen LogP contribution in [0.25, 0.3) is 0 Å². The Kier molecular flexibility index (Phi) is 6.66. The van der Waals surface area contributed by atoms with Crippen LogP contribution in [0, 0.1) is 0 Å². The largest absolute Gasteiger partial charge is 0.497 e. The number of aromatic nitrogens is 3. The monoisotopic (exact) mass is 410 g/mol. The molecule has 1 heterocycles. The van der Waals surface area contributed by atoms with Crippen molar-refractivity contribution in [2.75, 3.05) is 18.2 Å². The number of benzene rings is 2. The molecule has 0 saturated carbocycles. The van der Waals surface area contributed by atoms with E-state index in [4.69, 9.17) is 4.74 Å². The second kappa shape index (κ2) is 9.38. The van der Waals surface area contributed by atoms with E-state index in [9.17, 15) is 9.59 Å². The van der Waals surface area contributed by atoms with Gasteiger partial charge in [0.05, 0.1) is 12.9 Å². The molecule has 1 amide bonds. The lowest BCUT2D eigenvalue weighted by molar-refractivity contribution is -0.113. The topological polar surface area (TPSA) is 86.1 Å². The van der Waals surface area contributed by atoms with Crippen LogP contribution in [0.2, 0.25) is 0 Å². The number of rotatable bonds is 8. The van der Waals surface area contributed by atoms with Crippen molar-refractivity contribution in [3.05, 3.63) is 65.5 Å². The minimum Gasteiger partial charge on any atom is -0.497 e. The zero-order valence-corrected chi connectivity index (χ0v) is 17.3. The highest BCUT2D eigenvalue weighted by Gasteiger charge is 2.12. The first-order valence-electron chi connectivity index (χ1n) is 9.01. The first-order chi connectivity index (χ1) is 14.0. The molecule has 0 bridgehead atoms. The summed E-state index contributed by atoms with van der Waals surface area (Å²) in [6.07, 6.45) is 0.642. The lowest BCUT2D eigenvalue weighted by Gasteiger charge is -2.06. The van der Waals surface area contributed by atoms with Crippen LogP contribution in [0.3, 0.4) is 0 Å². The Labute approximate surface area is 173 Å². The Morgan fingerprint density at radius 3 is 2.38 bits per heavy atom. The molecule has 0 atom stereocenters. The normalized spacial score (nSPS) is 10.6. The molecule has 0 aliphatic carbocycles. The zero-order chi connectivity index (χ0) is 20.8. The Morgan fingerprint density at radius 1 is 1.07 bits per heavy atom. The van der Waals surface area contributed by atoms with Crippen molar-refractivity contribution < 1.29 is 14.3 Å². The Hall–Kier alpha value is -3.13. The Balaban J connectivity index is 1.55. The summed E-state index contributed by atoms with van der Waals surface area (Å²) in [5.41, 5.74) is 2.37. The number of amides is 1. The number of methoxy groups -OCH3 is 1. The summed E-state index contributed by atoms with van der Waals surface area (Å²) in [4.78, 5) is 23.5. The van der Waals surface area contributed by atoms with Gasteiger partial charge in [-0.25, -0.2) is 0 Å². The van der Waals surface area contributed by atoms with Crippen molar-refractivity contribution >= 4 is 29.1 Å². The zero-order valence-electron chi connectivity index (χ0n) is 16.5. The summed E-state index contributed by atoms with van der Waals surface area (Å²) in [5, 5.41) is 11.9. The van der Waals surface area contributed by atoms with Crippen molar-refractivity contribution in [1.29, 1.82) is 0 Å². The molecule has 0 saturated heterocycles. The van der Waals surface area contributed by atoms with Crippen molar-refractivity contribution in [3.63, 3.8) is 0 Å². The molecule has 0 aliphatic heterocycles. The number of thioether (sulfide) groups is 1. The quantitative estimate of drug-likeness (QED) is 0.453. The Morgan fingerprint density at radius 2 is 1.76 bits per heavy atom. The first kappa shape index (κ1) is 20.6. The number of anilines is 1. The molecular formula is C21H22N4O3S. The van der Waals surface area contributed by atoms with Crippen molar-refractivity contribution in [2.24, 2.45) is 7.05 Å². The molecule has 1 aromatic heterocycles. The van der Waals surface area contributed by atoms with Crippen molar-refractivity contribution in [3.8, 4) is 5.75 Å². The number of carbonyl (C=O) groups excluding carboxylic acids is 2. The minimum atomic E-state index is -0.148. The highest BCUT2D eigenvalue weighted by atomic mass is 32.2. The second-order valence-corrected chi connectivity index (χ2v) is 7.40. The number of nitrogens with one attached hydrogen (secondary N) is 1. The van der Waals surface area contributed by atoms with Crippen LogP contribution in [0.1, 0.15) is 28.7 Å². The molecular weight excluding hydrogens is 388 g/mol. The minimum absolute atomic E-state index is 0.00819. The number of Topliss-reactive ketones (excluding diaryl/α,β-unsaturated/α-hetero) is 1. The highest BCUT2D eigenvalue weighted by molar-refractivity contribution is 7.99. The fourth-order valence-electron chi connectivity index (χ4n) is 2.67. The van der Waals surface area contributed by atoms with Gasteiger partial charge in [-0.3, -0.25) is 9.59 Å². The van der Waals surface area contributed by atoms with Crippen LogP contribution in [0.4, 0.5) is 5.69 Å². The van der Waals surface area contributed by atoms with E-state index in [2.05, 4.69) is 15.5 Å². The van der Waals surface area contributed by atoms with Crippen LogP contribution in [0.5, 0.6) is 5.75 Å². The standard InChI is InChI=1S/C21H22N4O3S/c1-14(26)16-6-8-17(9-7-16)22-20(27)13-29-21-24-23-19(25(21)2)12-15-4-10-18(28-3)11-5-15/h4-11H,12-13H2,1-3H3,(H,22,27). The number of nitrogens with zero attached hydrogens (tertiary/aromatic N) is 3. The highest BCUT2D eigenvalue weighted by Crippen LogP contribution is 2.19.